The molecule has 1 N–H and O–H groups in total. The second-order valence-electron chi connectivity index (χ2n) is 4.97. The Morgan fingerprint density at radius 2 is 2.00 bits per heavy atom. The van der Waals surface area contributed by atoms with E-state index in [9.17, 15) is 9.90 Å². The van der Waals surface area contributed by atoms with Gasteiger partial charge >= 0.3 is 0 Å². The maximum absolute atomic E-state index is 12.3. The standard InChI is InChI=1S/C19H15NO2S/c21-12-14-4-1-2-6-17(14)19(22)9-8-16-5-3-7-18(20-16)15-10-11-23-13-15/h1-11,13,21H,12H2/b9-8+. The van der Waals surface area contributed by atoms with Crippen LogP contribution in [0.15, 0.2) is 65.4 Å². The van der Waals surface area contributed by atoms with Crippen molar-refractivity contribution in [2.24, 2.45) is 0 Å². The molecule has 0 aliphatic rings. The number of benzene rings is 1. The number of carbonyl (C=O) groups is 1. The molecule has 0 amide bonds. The number of thiophene rings is 1. The first-order valence-electron chi connectivity index (χ1n) is 7.19. The Hall–Kier alpha value is -2.56. The van der Waals surface area contributed by atoms with Crippen LogP contribution < -0.4 is 0 Å². The van der Waals surface area contributed by atoms with Crippen LogP contribution in [0.2, 0.25) is 0 Å². The molecular weight excluding hydrogens is 306 g/mol. The number of aliphatic hydroxyl groups excluding tert-OH is 1. The number of hydrogen-bond donors (Lipinski definition) is 1. The minimum atomic E-state index is -0.151. The van der Waals surface area contributed by atoms with E-state index in [-0.39, 0.29) is 12.4 Å². The molecule has 0 saturated heterocycles. The molecule has 2 aromatic heterocycles. The van der Waals surface area contributed by atoms with Gasteiger partial charge in [-0.05, 0) is 41.3 Å². The van der Waals surface area contributed by atoms with Crippen molar-refractivity contribution in [2.75, 3.05) is 0 Å². The Morgan fingerprint density at radius 3 is 2.78 bits per heavy atom. The number of aromatic nitrogens is 1. The van der Waals surface area contributed by atoms with Crippen LogP contribution >= 0.6 is 11.3 Å². The summed E-state index contributed by atoms with van der Waals surface area (Å²) in [7, 11) is 0. The zero-order valence-corrected chi connectivity index (χ0v) is 13.2. The molecule has 0 bridgehead atoms. The van der Waals surface area contributed by atoms with Crippen LogP contribution in [0, 0.1) is 0 Å². The highest BCUT2D eigenvalue weighted by Gasteiger charge is 2.07. The SMILES string of the molecule is O=C(/C=C/c1cccc(-c2ccsc2)n1)c1ccccc1CO. The van der Waals surface area contributed by atoms with E-state index in [4.69, 9.17) is 0 Å². The lowest BCUT2D eigenvalue weighted by atomic mass is 10.0. The van der Waals surface area contributed by atoms with Crippen LogP contribution in [0.25, 0.3) is 17.3 Å². The van der Waals surface area contributed by atoms with Gasteiger partial charge in [0.25, 0.3) is 0 Å². The molecule has 0 aliphatic carbocycles. The first-order chi connectivity index (χ1) is 11.3. The zero-order chi connectivity index (χ0) is 16.1. The highest BCUT2D eigenvalue weighted by atomic mass is 32.1. The van der Waals surface area contributed by atoms with Crippen molar-refractivity contribution in [2.45, 2.75) is 6.61 Å². The van der Waals surface area contributed by atoms with Gasteiger partial charge in [0.05, 0.1) is 18.0 Å². The van der Waals surface area contributed by atoms with E-state index >= 15 is 0 Å². The van der Waals surface area contributed by atoms with Crippen LogP contribution in [0.1, 0.15) is 21.6 Å². The van der Waals surface area contributed by atoms with Gasteiger partial charge in [-0.1, -0.05) is 30.3 Å². The Labute approximate surface area is 138 Å². The van der Waals surface area contributed by atoms with Crippen molar-refractivity contribution < 1.29 is 9.90 Å². The predicted octanol–water partition coefficient (Wildman–Crippen LogP) is 4.20. The largest absolute Gasteiger partial charge is 0.392 e. The lowest BCUT2D eigenvalue weighted by molar-refractivity contribution is 0.104. The fourth-order valence-corrected chi connectivity index (χ4v) is 2.91. The molecule has 0 spiro atoms. The summed E-state index contributed by atoms with van der Waals surface area (Å²) in [5.41, 5.74) is 3.82. The van der Waals surface area contributed by atoms with Crippen molar-refractivity contribution in [3.8, 4) is 11.3 Å². The fourth-order valence-electron chi connectivity index (χ4n) is 2.26. The molecular formula is C19H15NO2S. The average molecular weight is 321 g/mol. The number of aliphatic hydroxyl groups is 1. The molecule has 1 aromatic carbocycles. The van der Waals surface area contributed by atoms with E-state index in [2.05, 4.69) is 4.98 Å². The Kier molecular flexibility index (Phi) is 4.76. The minimum Gasteiger partial charge on any atom is -0.392 e. The third-order valence-electron chi connectivity index (χ3n) is 3.45. The summed E-state index contributed by atoms with van der Waals surface area (Å²) in [6, 6.07) is 14.8. The molecule has 3 aromatic rings. The highest BCUT2D eigenvalue weighted by molar-refractivity contribution is 7.08. The summed E-state index contributed by atoms with van der Waals surface area (Å²) in [4.78, 5) is 16.8. The van der Waals surface area contributed by atoms with Gasteiger partial charge in [-0.3, -0.25) is 4.79 Å². The summed E-state index contributed by atoms with van der Waals surface area (Å²) in [6.45, 7) is -0.151. The summed E-state index contributed by atoms with van der Waals surface area (Å²) in [5.74, 6) is -0.141. The Morgan fingerprint density at radius 1 is 1.13 bits per heavy atom. The number of ketones is 1. The van der Waals surface area contributed by atoms with Crippen molar-refractivity contribution >= 4 is 23.2 Å². The smallest absolute Gasteiger partial charge is 0.186 e. The van der Waals surface area contributed by atoms with E-state index < -0.39 is 0 Å². The highest BCUT2D eigenvalue weighted by Crippen LogP contribution is 2.20. The van der Waals surface area contributed by atoms with Crippen molar-refractivity contribution in [1.29, 1.82) is 0 Å². The molecule has 2 heterocycles. The van der Waals surface area contributed by atoms with Gasteiger partial charge in [0.15, 0.2) is 5.78 Å². The van der Waals surface area contributed by atoms with E-state index in [1.165, 1.54) is 6.08 Å². The van der Waals surface area contributed by atoms with Gasteiger partial charge in [-0.25, -0.2) is 4.98 Å². The monoisotopic (exact) mass is 321 g/mol. The Balaban J connectivity index is 1.83. The Bertz CT molecular complexity index is 838. The minimum absolute atomic E-state index is 0.141. The summed E-state index contributed by atoms with van der Waals surface area (Å²) in [5, 5.41) is 13.4. The first-order valence-corrected chi connectivity index (χ1v) is 8.13. The second-order valence-corrected chi connectivity index (χ2v) is 5.75. The normalized spacial score (nSPS) is 11.0. The molecule has 0 atom stereocenters. The van der Waals surface area contributed by atoms with Crippen LogP contribution in [0.3, 0.4) is 0 Å². The molecule has 0 radical (unpaired) electrons. The number of allylic oxidation sites excluding steroid dienone is 1. The summed E-state index contributed by atoms with van der Waals surface area (Å²) < 4.78 is 0. The van der Waals surface area contributed by atoms with Crippen LogP contribution in [0.4, 0.5) is 0 Å². The molecule has 23 heavy (non-hydrogen) atoms. The number of rotatable bonds is 5. The molecule has 3 nitrogen and oxygen atoms in total. The fraction of sp³-hybridized carbons (Fsp3) is 0.0526. The maximum Gasteiger partial charge on any atom is 0.186 e. The second kappa shape index (κ2) is 7.13. The number of nitrogens with zero attached hydrogens (tertiary/aromatic N) is 1. The molecule has 0 saturated carbocycles. The molecule has 4 heteroatoms. The lowest BCUT2D eigenvalue weighted by Gasteiger charge is -2.03. The van der Waals surface area contributed by atoms with Crippen LogP contribution in [0.5, 0.6) is 0 Å². The van der Waals surface area contributed by atoms with Gasteiger partial charge in [-0.2, -0.15) is 11.3 Å². The average Bonchev–Trinajstić information content (AvgIpc) is 3.14. The zero-order valence-electron chi connectivity index (χ0n) is 12.3. The van der Waals surface area contributed by atoms with Crippen LogP contribution in [-0.4, -0.2) is 15.9 Å². The first kappa shape index (κ1) is 15.3. The lowest BCUT2D eigenvalue weighted by Crippen LogP contribution is -2.00. The van der Waals surface area contributed by atoms with Gasteiger partial charge in [0.2, 0.25) is 0 Å². The van der Waals surface area contributed by atoms with E-state index in [0.717, 1.165) is 17.0 Å². The predicted molar refractivity (Wildman–Crippen MR) is 93.3 cm³/mol. The van der Waals surface area contributed by atoms with Gasteiger partial charge in [0.1, 0.15) is 0 Å². The third kappa shape index (κ3) is 3.62. The molecule has 0 aliphatic heterocycles. The summed E-state index contributed by atoms with van der Waals surface area (Å²) >= 11 is 1.62. The van der Waals surface area contributed by atoms with Crippen molar-refractivity contribution in [1.82, 2.24) is 4.98 Å². The van der Waals surface area contributed by atoms with E-state index in [1.807, 2.05) is 35.0 Å². The molecule has 3 rings (SSSR count). The summed E-state index contributed by atoms with van der Waals surface area (Å²) in [6.07, 6.45) is 3.20. The van der Waals surface area contributed by atoms with E-state index in [1.54, 1.807) is 41.7 Å². The maximum atomic E-state index is 12.3. The molecule has 0 fully saturated rings. The number of hydrogen-bond acceptors (Lipinski definition) is 4. The molecule has 0 unspecified atom stereocenters. The van der Waals surface area contributed by atoms with Gasteiger partial charge < -0.3 is 5.11 Å². The van der Waals surface area contributed by atoms with E-state index in [0.29, 0.717) is 11.1 Å². The number of pyridine rings is 1. The molecule has 114 valence electrons. The van der Waals surface area contributed by atoms with Crippen molar-refractivity contribution in [3.63, 3.8) is 0 Å². The van der Waals surface area contributed by atoms with Crippen LogP contribution in [-0.2, 0) is 6.61 Å². The van der Waals surface area contributed by atoms with Crippen molar-refractivity contribution in [3.05, 3.63) is 82.2 Å². The quantitative estimate of drug-likeness (QED) is 0.566. The topological polar surface area (TPSA) is 50.2 Å². The van der Waals surface area contributed by atoms with Gasteiger partial charge in [0, 0.05) is 16.5 Å². The van der Waals surface area contributed by atoms with Gasteiger partial charge in [-0.15, -0.1) is 0 Å². The number of carbonyl (C=O) groups excluding carboxylic acids is 1. The third-order valence-corrected chi connectivity index (χ3v) is 4.13.